The van der Waals surface area contributed by atoms with E-state index >= 15 is 0 Å². The Bertz CT molecular complexity index is 574. The summed E-state index contributed by atoms with van der Waals surface area (Å²) in [6.45, 7) is 2.34. The molecule has 0 heterocycles. The number of hydrogen-bond acceptors (Lipinski definition) is 2. The first-order valence-corrected chi connectivity index (χ1v) is 7.23. The standard InChI is InChI=1S/C13H11Cl2N.C3H6O2/c14-12-7-6-10(8-13(12)15)9-16-11-4-2-1-3-5-11;1-2-3(4)5/h1-8,16H,9H2;2H2,1H3,(H,4,5). The Balaban J connectivity index is 0.000000383. The van der Waals surface area contributed by atoms with Gasteiger partial charge in [-0.2, -0.15) is 0 Å². The predicted molar refractivity (Wildman–Crippen MR) is 88.2 cm³/mol. The van der Waals surface area contributed by atoms with Crippen LogP contribution in [0.25, 0.3) is 0 Å². The van der Waals surface area contributed by atoms with Gasteiger partial charge in [0.1, 0.15) is 0 Å². The monoisotopic (exact) mass is 325 g/mol. The summed E-state index contributed by atoms with van der Waals surface area (Å²) >= 11 is 11.8. The van der Waals surface area contributed by atoms with Crippen molar-refractivity contribution in [3.63, 3.8) is 0 Å². The van der Waals surface area contributed by atoms with Gasteiger partial charge in [0.15, 0.2) is 0 Å². The number of para-hydroxylation sites is 1. The lowest BCUT2D eigenvalue weighted by Gasteiger charge is -2.07. The zero-order valence-corrected chi connectivity index (χ0v) is 13.2. The number of halogens is 2. The van der Waals surface area contributed by atoms with Crippen LogP contribution in [0.4, 0.5) is 5.69 Å². The zero-order valence-electron chi connectivity index (χ0n) is 11.6. The number of aliphatic carboxylic acids is 1. The van der Waals surface area contributed by atoms with Gasteiger partial charge >= 0.3 is 5.97 Å². The van der Waals surface area contributed by atoms with Crippen molar-refractivity contribution in [2.45, 2.75) is 19.9 Å². The van der Waals surface area contributed by atoms with Crippen molar-refractivity contribution >= 4 is 34.9 Å². The Labute approximate surface area is 134 Å². The number of carboxylic acid groups (broad SMARTS) is 1. The fraction of sp³-hybridized carbons (Fsp3) is 0.188. The van der Waals surface area contributed by atoms with Crippen LogP contribution in [-0.2, 0) is 11.3 Å². The van der Waals surface area contributed by atoms with Crippen molar-refractivity contribution in [3.05, 3.63) is 64.1 Å². The van der Waals surface area contributed by atoms with Crippen molar-refractivity contribution in [1.82, 2.24) is 0 Å². The van der Waals surface area contributed by atoms with E-state index in [0.29, 0.717) is 10.0 Å². The van der Waals surface area contributed by atoms with E-state index in [9.17, 15) is 4.79 Å². The number of rotatable bonds is 4. The van der Waals surface area contributed by atoms with Crippen LogP contribution in [0, 0.1) is 0 Å². The predicted octanol–water partition coefficient (Wildman–Crippen LogP) is 5.09. The van der Waals surface area contributed by atoms with E-state index in [2.05, 4.69) is 5.32 Å². The fourth-order valence-corrected chi connectivity index (χ4v) is 1.73. The molecule has 5 heteroatoms. The second-order valence-corrected chi connectivity index (χ2v) is 5.03. The second kappa shape index (κ2) is 9.27. The average molecular weight is 326 g/mol. The highest BCUT2D eigenvalue weighted by Gasteiger charge is 1.99. The van der Waals surface area contributed by atoms with E-state index in [0.717, 1.165) is 17.8 Å². The minimum absolute atomic E-state index is 0.222. The Morgan fingerprint density at radius 1 is 1.10 bits per heavy atom. The Hall–Kier alpha value is -1.71. The molecule has 0 aliphatic carbocycles. The number of carboxylic acids is 1. The molecule has 0 spiro atoms. The molecule has 0 aliphatic heterocycles. The molecule has 0 aliphatic rings. The van der Waals surface area contributed by atoms with E-state index in [-0.39, 0.29) is 6.42 Å². The zero-order chi connectivity index (χ0) is 15.7. The van der Waals surface area contributed by atoms with Gasteiger partial charge in [0.25, 0.3) is 0 Å². The maximum atomic E-state index is 9.37. The van der Waals surface area contributed by atoms with Crippen molar-refractivity contribution < 1.29 is 9.90 Å². The van der Waals surface area contributed by atoms with E-state index < -0.39 is 5.97 Å². The molecular weight excluding hydrogens is 309 g/mol. The Kier molecular flexibility index (Phi) is 7.65. The summed E-state index contributed by atoms with van der Waals surface area (Å²) in [4.78, 5) is 9.37. The van der Waals surface area contributed by atoms with E-state index in [1.54, 1.807) is 6.92 Å². The highest BCUT2D eigenvalue weighted by Crippen LogP contribution is 2.23. The summed E-state index contributed by atoms with van der Waals surface area (Å²) in [6.07, 6.45) is 0.222. The van der Waals surface area contributed by atoms with Crippen LogP contribution in [0.5, 0.6) is 0 Å². The van der Waals surface area contributed by atoms with Crippen molar-refractivity contribution in [2.24, 2.45) is 0 Å². The number of benzene rings is 2. The normalized spacial score (nSPS) is 9.48. The molecule has 0 aromatic heterocycles. The first-order chi connectivity index (χ1) is 10.0. The highest BCUT2D eigenvalue weighted by molar-refractivity contribution is 6.42. The third-order valence-corrected chi connectivity index (χ3v) is 3.30. The van der Waals surface area contributed by atoms with Gasteiger partial charge in [0, 0.05) is 18.7 Å². The molecule has 0 radical (unpaired) electrons. The van der Waals surface area contributed by atoms with E-state index in [1.807, 2.05) is 48.5 Å². The number of hydrogen-bond donors (Lipinski definition) is 2. The summed E-state index contributed by atoms with van der Waals surface area (Å²) in [5.74, 6) is -0.745. The van der Waals surface area contributed by atoms with Gasteiger partial charge < -0.3 is 10.4 Å². The maximum absolute atomic E-state index is 9.37. The molecule has 2 aromatic rings. The summed E-state index contributed by atoms with van der Waals surface area (Å²) in [6, 6.07) is 15.7. The van der Waals surface area contributed by atoms with Gasteiger partial charge in [-0.25, -0.2) is 0 Å². The molecule has 0 bridgehead atoms. The van der Waals surface area contributed by atoms with Crippen LogP contribution in [-0.4, -0.2) is 11.1 Å². The minimum atomic E-state index is -0.745. The van der Waals surface area contributed by atoms with Gasteiger partial charge in [-0.1, -0.05) is 54.4 Å². The van der Waals surface area contributed by atoms with E-state index in [4.69, 9.17) is 28.3 Å². The first-order valence-electron chi connectivity index (χ1n) is 6.47. The molecule has 2 rings (SSSR count). The largest absolute Gasteiger partial charge is 0.481 e. The highest BCUT2D eigenvalue weighted by atomic mass is 35.5. The molecule has 0 unspecified atom stereocenters. The number of anilines is 1. The topological polar surface area (TPSA) is 49.3 Å². The van der Waals surface area contributed by atoms with Crippen molar-refractivity contribution in [3.8, 4) is 0 Å². The number of carbonyl (C=O) groups is 1. The molecule has 3 nitrogen and oxygen atoms in total. The van der Waals surface area contributed by atoms with Crippen LogP contribution >= 0.6 is 23.2 Å². The Morgan fingerprint density at radius 3 is 2.24 bits per heavy atom. The van der Waals surface area contributed by atoms with Gasteiger partial charge in [-0.15, -0.1) is 0 Å². The lowest BCUT2D eigenvalue weighted by atomic mass is 10.2. The number of nitrogens with one attached hydrogen (secondary N) is 1. The van der Waals surface area contributed by atoms with Gasteiger partial charge in [-0.3, -0.25) is 4.79 Å². The molecule has 0 atom stereocenters. The van der Waals surface area contributed by atoms with Crippen LogP contribution in [0.3, 0.4) is 0 Å². The third kappa shape index (κ3) is 7.02. The second-order valence-electron chi connectivity index (χ2n) is 4.22. The molecule has 2 aromatic carbocycles. The molecule has 0 saturated carbocycles. The summed E-state index contributed by atoms with van der Waals surface area (Å²) in [5, 5.41) is 12.2. The smallest absolute Gasteiger partial charge is 0.303 e. The minimum Gasteiger partial charge on any atom is -0.481 e. The van der Waals surface area contributed by atoms with Gasteiger partial charge in [-0.05, 0) is 29.8 Å². The lowest BCUT2D eigenvalue weighted by molar-refractivity contribution is -0.136. The Morgan fingerprint density at radius 2 is 1.71 bits per heavy atom. The van der Waals surface area contributed by atoms with Crippen LogP contribution in [0.2, 0.25) is 10.0 Å². The van der Waals surface area contributed by atoms with Crippen LogP contribution in [0.15, 0.2) is 48.5 Å². The van der Waals surface area contributed by atoms with Crippen LogP contribution in [0.1, 0.15) is 18.9 Å². The van der Waals surface area contributed by atoms with Gasteiger partial charge in [0.2, 0.25) is 0 Å². The van der Waals surface area contributed by atoms with Crippen molar-refractivity contribution in [1.29, 1.82) is 0 Å². The molecule has 0 saturated heterocycles. The molecule has 0 fully saturated rings. The van der Waals surface area contributed by atoms with Gasteiger partial charge in [0.05, 0.1) is 10.0 Å². The quantitative estimate of drug-likeness (QED) is 0.823. The SMILES string of the molecule is CCC(=O)O.Clc1ccc(CNc2ccccc2)cc1Cl. The molecule has 0 amide bonds. The summed E-state index contributed by atoms with van der Waals surface area (Å²) < 4.78 is 0. The molecule has 2 N–H and O–H groups in total. The summed E-state index contributed by atoms with van der Waals surface area (Å²) in [7, 11) is 0. The van der Waals surface area contributed by atoms with E-state index in [1.165, 1.54) is 0 Å². The average Bonchev–Trinajstić information content (AvgIpc) is 2.50. The van der Waals surface area contributed by atoms with Crippen molar-refractivity contribution in [2.75, 3.05) is 5.32 Å². The molecule has 112 valence electrons. The third-order valence-electron chi connectivity index (χ3n) is 2.56. The van der Waals surface area contributed by atoms with Crippen LogP contribution < -0.4 is 5.32 Å². The first kappa shape index (κ1) is 17.3. The lowest BCUT2D eigenvalue weighted by Crippen LogP contribution is -1.98. The fourth-order valence-electron chi connectivity index (χ4n) is 1.41. The molecule has 21 heavy (non-hydrogen) atoms. The summed E-state index contributed by atoms with van der Waals surface area (Å²) in [5.41, 5.74) is 2.20. The molecular formula is C16H17Cl2NO2. The maximum Gasteiger partial charge on any atom is 0.303 e.